The molecule has 3 heterocycles. The van der Waals surface area contributed by atoms with E-state index in [2.05, 4.69) is 27.0 Å². The molecule has 0 unspecified atom stereocenters. The molecule has 7 nitrogen and oxygen atoms in total. The lowest BCUT2D eigenvalue weighted by Gasteiger charge is -2.28. The van der Waals surface area contributed by atoms with Gasteiger partial charge in [-0.1, -0.05) is 37.1 Å². The van der Waals surface area contributed by atoms with E-state index in [0.717, 1.165) is 37.0 Å². The van der Waals surface area contributed by atoms with Gasteiger partial charge in [0.15, 0.2) is 0 Å². The maximum atomic E-state index is 12.7. The van der Waals surface area contributed by atoms with Crippen molar-refractivity contribution in [2.45, 2.75) is 45.1 Å². The number of carboxylic acids is 1. The Balaban J connectivity index is 1.41. The van der Waals surface area contributed by atoms with Crippen LogP contribution >= 0.6 is 0 Å². The molecule has 2 aromatic heterocycles. The van der Waals surface area contributed by atoms with Crippen molar-refractivity contribution in [3.05, 3.63) is 59.9 Å². The third kappa shape index (κ3) is 4.71. The standard InChI is InChI=1S/C24H28N4O3/c29-23(30)12-3-1-2-7-15-26-24(31)27-16-13-21-19(17-27)18-9-4-5-10-20(18)28(21)22-11-6-8-14-25-22/h4-6,8-11,14H,1-3,7,12-13,15-17H2,(H,26,31)(H,29,30). The van der Waals surface area contributed by atoms with Crippen molar-refractivity contribution in [3.63, 3.8) is 0 Å². The Bertz CT molecular complexity index is 1060. The summed E-state index contributed by atoms with van der Waals surface area (Å²) in [5, 5.41) is 12.9. The number of carboxylic acid groups (broad SMARTS) is 1. The van der Waals surface area contributed by atoms with Crippen LogP contribution in [0.4, 0.5) is 4.79 Å². The molecule has 0 bridgehead atoms. The maximum absolute atomic E-state index is 12.7. The summed E-state index contributed by atoms with van der Waals surface area (Å²) < 4.78 is 2.22. The van der Waals surface area contributed by atoms with Gasteiger partial charge in [0.25, 0.3) is 0 Å². The van der Waals surface area contributed by atoms with E-state index in [1.54, 1.807) is 6.20 Å². The van der Waals surface area contributed by atoms with E-state index >= 15 is 0 Å². The van der Waals surface area contributed by atoms with Gasteiger partial charge in [-0.15, -0.1) is 0 Å². The van der Waals surface area contributed by atoms with Crippen LogP contribution in [0.3, 0.4) is 0 Å². The molecule has 0 saturated heterocycles. The molecule has 2 amide bonds. The molecule has 1 aliphatic rings. The number of urea groups is 1. The highest BCUT2D eigenvalue weighted by atomic mass is 16.4. The highest BCUT2D eigenvalue weighted by Gasteiger charge is 2.27. The SMILES string of the molecule is O=C(O)CCCCCCNC(=O)N1CCc2c(c3ccccc3n2-c2ccccn2)C1. The number of aliphatic carboxylic acids is 1. The smallest absolute Gasteiger partial charge is 0.317 e. The number of carbonyl (C=O) groups excluding carboxylic acids is 1. The number of aromatic nitrogens is 2. The van der Waals surface area contributed by atoms with E-state index in [4.69, 9.17) is 5.11 Å². The van der Waals surface area contributed by atoms with Crippen molar-refractivity contribution in [1.82, 2.24) is 19.8 Å². The van der Waals surface area contributed by atoms with Gasteiger partial charge < -0.3 is 15.3 Å². The zero-order valence-electron chi connectivity index (χ0n) is 17.6. The molecular weight excluding hydrogens is 392 g/mol. The fourth-order valence-corrected chi connectivity index (χ4v) is 4.29. The predicted octanol–water partition coefficient (Wildman–Crippen LogP) is 4.13. The van der Waals surface area contributed by atoms with Gasteiger partial charge in [-0.25, -0.2) is 9.78 Å². The molecule has 7 heteroatoms. The van der Waals surface area contributed by atoms with E-state index in [-0.39, 0.29) is 12.5 Å². The minimum absolute atomic E-state index is 0.0362. The number of amides is 2. The monoisotopic (exact) mass is 420 g/mol. The molecule has 162 valence electrons. The van der Waals surface area contributed by atoms with Crippen LogP contribution < -0.4 is 5.32 Å². The van der Waals surface area contributed by atoms with Crippen LogP contribution in [0.15, 0.2) is 48.7 Å². The van der Waals surface area contributed by atoms with Crippen LogP contribution in [0, 0.1) is 0 Å². The molecule has 0 spiro atoms. The van der Waals surface area contributed by atoms with Crippen LogP contribution in [0.5, 0.6) is 0 Å². The Morgan fingerprint density at radius 3 is 2.65 bits per heavy atom. The van der Waals surface area contributed by atoms with Gasteiger partial charge in [0, 0.05) is 55.3 Å². The van der Waals surface area contributed by atoms with Crippen molar-refractivity contribution in [3.8, 4) is 5.82 Å². The van der Waals surface area contributed by atoms with Crippen LogP contribution in [0.2, 0.25) is 0 Å². The number of hydrogen-bond acceptors (Lipinski definition) is 3. The van der Waals surface area contributed by atoms with Crippen molar-refractivity contribution < 1.29 is 14.7 Å². The average molecular weight is 421 g/mol. The van der Waals surface area contributed by atoms with Gasteiger partial charge in [0.1, 0.15) is 5.82 Å². The van der Waals surface area contributed by atoms with Gasteiger partial charge in [0.05, 0.1) is 5.52 Å². The lowest BCUT2D eigenvalue weighted by atomic mass is 10.0. The molecule has 0 fully saturated rings. The minimum Gasteiger partial charge on any atom is -0.481 e. The van der Waals surface area contributed by atoms with Crippen LogP contribution in [0.1, 0.15) is 43.4 Å². The molecule has 3 aromatic rings. The van der Waals surface area contributed by atoms with Crippen molar-refractivity contribution >= 4 is 22.9 Å². The summed E-state index contributed by atoms with van der Waals surface area (Å²) >= 11 is 0. The number of hydrogen-bond donors (Lipinski definition) is 2. The normalized spacial score (nSPS) is 13.2. The van der Waals surface area contributed by atoms with Gasteiger partial charge in [-0.3, -0.25) is 9.36 Å². The molecular formula is C24H28N4O3. The van der Waals surface area contributed by atoms with Gasteiger partial charge >= 0.3 is 12.0 Å². The number of benzene rings is 1. The van der Waals surface area contributed by atoms with Gasteiger partial charge in [-0.2, -0.15) is 0 Å². The predicted molar refractivity (Wildman–Crippen MR) is 119 cm³/mol. The second-order valence-electron chi connectivity index (χ2n) is 7.93. The fourth-order valence-electron chi connectivity index (χ4n) is 4.29. The van der Waals surface area contributed by atoms with Crippen LogP contribution in [-0.4, -0.2) is 44.6 Å². The average Bonchev–Trinajstić information content (AvgIpc) is 3.12. The summed E-state index contributed by atoms with van der Waals surface area (Å²) in [6, 6.07) is 14.2. The zero-order chi connectivity index (χ0) is 21.6. The largest absolute Gasteiger partial charge is 0.481 e. The summed E-state index contributed by atoms with van der Waals surface area (Å²) in [7, 11) is 0. The number of pyridine rings is 1. The van der Waals surface area contributed by atoms with Crippen LogP contribution in [0.25, 0.3) is 16.7 Å². The van der Waals surface area contributed by atoms with Crippen molar-refractivity contribution in [2.75, 3.05) is 13.1 Å². The molecule has 0 saturated carbocycles. The second kappa shape index (κ2) is 9.64. The van der Waals surface area contributed by atoms with Crippen molar-refractivity contribution in [1.29, 1.82) is 0 Å². The first-order valence-electron chi connectivity index (χ1n) is 10.9. The molecule has 0 atom stereocenters. The van der Waals surface area contributed by atoms with Gasteiger partial charge in [-0.05, 0) is 31.0 Å². The number of unbranched alkanes of at least 4 members (excludes halogenated alkanes) is 3. The topological polar surface area (TPSA) is 87.5 Å². The van der Waals surface area contributed by atoms with Crippen LogP contribution in [-0.2, 0) is 17.8 Å². The Hall–Kier alpha value is -3.35. The number of para-hydroxylation sites is 1. The molecule has 0 aliphatic carbocycles. The Kier molecular flexibility index (Phi) is 6.50. The fraction of sp³-hybridized carbons (Fsp3) is 0.375. The summed E-state index contributed by atoms with van der Waals surface area (Å²) in [4.78, 5) is 29.7. The lowest BCUT2D eigenvalue weighted by molar-refractivity contribution is -0.137. The third-order valence-corrected chi connectivity index (χ3v) is 5.82. The highest BCUT2D eigenvalue weighted by molar-refractivity contribution is 5.88. The van der Waals surface area contributed by atoms with Gasteiger partial charge in [0.2, 0.25) is 0 Å². The van der Waals surface area contributed by atoms with E-state index < -0.39 is 5.97 Å². The number of rotatable bonds is 8. The number of nitrogens with zero attached hydrogens (tertiary/aromatic N) is 3. The van der Waals surface area contributed by atoms with Crippen molar-refractivity contribution in [2.24, 2.45) is 0 Å². The van der Waals surface area contributed by atoms with E-state index in [1.807, 2.05) is 35.2 Å². The Morgan fingerprint density at radius 1 is 1.03 bits per heavy atom. The number of fused-ring (bicyclic) bond motifs is 3. The Labute approximate surface area is 181 Å². The quantitative estimate of drug-likeness (QED) is 0.537. The number of nitrogens with one attached hydrogen (secondary N) is 1. The van der Waals surface area contributed by atoms with E-state index in [0.29, 0.717) is 26.1 Å². The summed E-state index contributed by atoms with van der Waals surface area (Å²) in [5.41, 5.74) is 3.54. The molecule has 31 heavy (non-hydrogen) atoms. The first-order chi connectivity index (χ1) is 15.1. The molecule has 2 N–H and O–H groups in total. The zero-order valence-corrected chi connectivity index (χ0v) is 17.6. The summed E-state index contributed by atoms with van der Waals surface area (Å²) in [5.74, 6) is 0.155. The highest BCUT2D eigenvalue weighted by Crippen LogP contribution is 2.32. The number of carbonyl (C=O) groups is 2. The summed E-state index contributed by atoms with van der Waals surface area (Å²) in [6.07, 6.45) is 6.16. The Morgan fingerprint density at radius 2 is 1.84 bits per heavy atom. The molecule has 4 rings (SSSR count). The molecule has 1 aromatic carbocycles. The third-order valence-electron chi connectivity index (χ3n) is 5.82. The summed E-state index contributed by atoms with van der Waals surface area (Å²) in [6.45, 7) is 1.87. The van der Waals surface area contributed by atoms with E-state index in [9.17, 15) is 9.59 Å². The molecule has 0 radical (unpaired) electrons. The first-order valence-corrected chi connectivity index (χ1v) is 10.9. The second-order valence-corrected chi connectivity index (χ2v) is 7.93. The molecule has 1 aliphatic heterocycles. The minimum atomic E-state index is -0.748. The van der Waals surface area contributed by atoms with E-state index in [1.165, 1.54) is 16.6 Å². The first kappa shape index (κ1) is 20.9. The maximum Gasteiger partial charge on any atom is 0.317 e. The lowest BCUT2D eigenvalue weighted by Crippen LogP contribution is -2.43.